The van der Waals surface area contributed by atoms with Gasteiger partial charge in [-0.25, -0.2) is 4.39 Å². The number of aromatic amines is 1. The molecule has 1 aliphatic heterocycles. The van der Waals surface area contributed by atoms with E-state index in [1.54, 1.807) is 19.2 Å². The van der Waals surface area contributed by atoms with Crippen molar-refractivity contribution in [3.8, 4) is 0 Å². The number of nitrogens with one attached hydrogen (secondary N) is 3. The zero-order valence-electron chi connectivity index (χ0n) is 22.7. The molecule has 3 aromatic carbocycles. The predicted octanol–water partition coefficient (Wildman–Crippen LogP) is 5.65. The first-order valence-electron chi connectivity index (χ1n) is 13.1. The molecule has 2 amide bonds. The quantitative estimate of drug-likeness (QED) is 0.247. The predicted molar refractivity (Wildman–Crippen MR) is 147 cm³/mol. The maximum atomic E-state index is 14.8. The van der Waals surface area contributed by atoms with Crippen LogP contribution in [0.3, 0.4) is 0 Å². The van der Waals surface area contributed by atoms with Crippen LogP contribution in [-0.4, -0.2) is 27.8 Å². The highest BCUT2D eigenvalue weighted by Gasteiger charge is 2.32. The number of carbonyl (C=O) groups excluding carboxylic acids is 3. The summed E-state index contributed by atoms with van der Waals surface area (Å²) in [5.41, 5.74) is 2.14. The summed E-state index contributed by atoms with van der Waals surface area (Å²) < 4.78 is 54.4. The van der Waals surface area contributed by atoms with E-state index in [2.05, 4.69) is 20.8 Å². The molecule has 3 N–H and O–H groups in total. The number of aryl methyl sites for hydroxylation is 1. The molecule has 0 radical (unpaired) electrons. The molecule has 1 unspecified atom stereocenters. The van der Waals surface area contributed by atoms with E-state index in [-0.39, 0.29) is 42.2 Å². The van der Waals surface area contributed by atoms with Crippen LogP contribution in [0.4, 0.5) is 17.6 Å². The van der Waals surface area contributed by atoms with Crippen molar-refractivity contribution in [1.29, 1.82) is 0 Å². The van der Waals surface area contributed by atoms with E-state index >= 15 is 0 Å². The van der Waals surface area contributed by atoms with Gasteiger partial charge in [0.25, 0.3) is 5.91 Å². The van der Waals surface area contributed by atoms with Gasteiger partial charge in [-0.2, -0.15) is 18.3 Å². The van der Waals surface area contributed by atoms with Crippen molar-refractivity contribution in [2.24, 2.45) is 0 Å². The zero-order chi connectivity index (χ0) is 30.2. The summed E-state index contributed by atoms with van der Waals surface area (Å²) in [4.78, 5) is 39.0. The van der Waals surface area contributed by atoms with Crippen LogP contribution in [0.25, 0.3) is 10.9 Å². The van der Waals surface area contributed by atoms with Gasteiger partial charge in [-0.05, 0) is 66.9 Å². The molecule has 0 saturated heterocycles. The Morgan fingerprint density at radius 3 is 2.57 bits per heavy atom. The van der Waals surface area contributed by atoms with Gasteiger partial charge in [0.15, 0.2) is 5.78 Å². The van der Waals surface area contributed by atoms with Crippen molar-refractivity contribution < 1.29 is 31.9 Å². The fourth-order valence-corrected chi connectivity index (χ4v) is 5.20. The van der Waals surface area contributed by atoms with Crippen molar-refractivity contribution >= 4 is 28.5 Å². The normalized spacial score (nSPS) is 15.6. The van der Waals surface area contributed by atoms with Gasteiger partial charge in [-0.3, -0.25) is 19.5 Å². The van der Waals surface area contributed by atoms with Crippen LogP contribution in [0, 0.1) is 12.7 Å². The lowest BCUT2D eigenvalue weighted by Crippen LogP contribution is -2.37. The monoisotopic (exact) mass is 578 g/mol. The van der Waals surface area contributed by atoms with E-state index in [1.807, 2.05) is 12.1 Å². The third-order valence-corrected chi connectivity index (χ3v) is 7.14. The minimum absolute atomic E-state index is 0.0171. The minimum Gasteiger partial charge on any atom is -0.348 e. The Kier molecular flexibility index (Phi) is 7.68. The third kappa shape index (κ3) is 6.09. The molecular formula is C31H26F4N4O3. The molecule has 1 atom stereocenters. The molecule has 0 saturated carbocycles. The van der Waals surface area contributed by atoms with Crippen molar-refractivity contribution in [1.82, 2.24) is 20.8 Å². The second-order valence-corrected chi connectivity index (χ2v) is 10.4. The number of fused-ring (bicyclic) bond motifs is 1. The van der Waals surface area contributed by atoms with Gasteiger partial charge in [0, 0.05) is 30.3 Å². The van der Waals surface area contributed by atoms with Crippen LogP contribution >= 0.6 is 0 Å². The highest BCUT2D eigenvalue weighted by atomic mass is 19.4. The van der Waals surface area contributed by atoms with Gasteiger partial charge in [0.1, 0.15) is 5.82 Å². The van der Waals surface area contributed by atoms with Gasteiger partial charge in [-0.1, -0.05) is 29.3 Å². The lowest BCUT2D eigenvalue weighted by Gasteiger charge is -2.28. The lowest BCUT2D eigenvalue weighted by atomic mass is 9.85. The molecule has 2 heterocycles. The molecule has 42 heavy (non-hydrogen) atoms. The molecule has 5 rings (SSSR count). The smallest absolute Gasteiger partial charge is 0.348 e. The fourth-order valence-electron chi connectivity index (χ4n) is 5.20. The third-order valence-electron chi connectivity index (χ3n) is 7.14. The Balaban J connectivity index is 1.39. The Morgan fingerprint density at radius 1 is 1.02 bits per heavy atom. The second kappa shape index (κ2) is 11.2. The number of ketones is 1. The summed E-state index contributed by atoms with van der Waals surface area (Å²) in [5.74, 6) is -2.28. The number of H-pyrrole nitrogens is 1. The van der Waals surface area contributed by atoms with Crippen LogP contribution in [0.1, 0.15) is 57.6 Å². The maximum Gasteiger partial charge on any atom is 0.416 e. The largest absolute Gasteiger partial charge is 0.416 e. The Morgan fingerprint density at radius 2 is 1.81 bits per heavy atom. The van der Waals surface area contributed by atoms with Crippen LogP contribution < -0.4 is 10.6 Å². The molecule has 216 valence electrons. The Labute approximate surface area is 238 Å². The summed E-state index contributed by atoms with van der Waals surface area (Å²) >= 11 is 0. The maximum absolute atomic E-state index is 14.8. The summed E-state index contributed by atoms with van der Waals surface area (Å²) in [6.45, 7) is 2.93. The summed E-state index contributed by atoms with van der Waals surface area (Å²) in [7, 11) is 0. The molecular weight excluding hydrogens is 552 g/mol. The molecule has 0 spiro atoms. The zero-order valence-corrected chi connectivity index (χ0v) is 22.7. The average molecular weight is 579 g/mol. The molecule has 1 aromatic heterocycles. The molecule has 0 aliphatic carbocycles. The van der Waals surface area contributed by atoms with Gasteiger partial charge in [0.2, 0.25) is 5.91 Å². The van der Waals surface area contributed by atoms with E-state index in [1.165, 1.54) is 25.1 Å². The number of nitrogens with zero attached hydrogens (tertiary/aromatic N) is 1. The topological polar surface area (TPSA) is 104 Å². The van der Waals surface area contributed by atoms with Crippen molar-refractivity contribution in [2.75, 3.05) is 0 Å². The molecule has 1 aliphatic rings. The number of halogens is 4. The first kappa shape index (κ1) is 28.7. The number of alkyl halides is 3. The minimum atomic E-state index is -4.55. The first-order chi connectivity index (χ1) is 19.9. The van der Waals surface area contributed by atoms with E-state index in [9.17, 15) is 31.9 Å². The number of benzene rings is 3. The van der Waals surface area contributed by atoms with Crippen LogP contribution in [-0.2, 0) is 28.7 Å². The Hall–Kier alpha value is -4.80. The summed E-state index contributed by atoms with van der Waals surface area (Å²) in [5, 5.41) is 12.9. The van der Waals surface area contributed by atoms with E-state index in [4.69, 9.17) is 0 Å². The van der Waals surface area contributed by atoms with Gasteiger partial charge in [0.05, 0.1) is 28.9 Å². The van der Waals surface area contributed by atoms with Gasteiger partial charge in [-0.15, -0.1) is 0 Å². The molecule has 0 fully saturated rings. The van der Waals surface area contributed by atoms with Crippen LogP contribution in [0.15, 0.2) is 71.9 Å². The molecule has 11 heteroatoms. The van der Waals surface area contributed by atoms with Gasteiger partial charge < -0.3 is 10.6 Å². The molecule has 0 bridgehead atoms. The molecule has 7 nitrogen and oxygen atoms in total. The number of hydrogen-bond acceptors (Lipinski definition) is 4. The van der Waals surface area contributed by atoms with E-state index in [0.717, 1.165) is 34.7 Å². The van der Waals surface area contributed by atoms with Crippen molar-refractivity contribution in [3.63, 3.8) is 0 Å². The summed E-state index contributed by atoms with van der Waals surface area (Å²) in [6.07, 6.45) is -2.84. The highest BCUT2D eigenvalue weighted by molar-refractivity contribution is 6.02. The molecule has 4 aromatic rings. The fraction of sp³-hybridized carbons (Fsp3) is 0.226. The number of carbonyl (C=O) groups is 3. The highest BCUT2D eigenvalue weighted by Crippen LogP contribution is 2.33. The lowest BCUT2D eigenvalue weighted by molar-refractivity contribution is -0.137. The van der Waals surface area contributed by atoms with Crippen LogP contribution in [0.2, 0.25) is 0 Å². The number of rotatable bonds is 7. The number of hydrogen-bond donors (Lipinski definition) is 3. The number of aromatic nitrogens is 2. The number of Topliss-reactive ketones (excluding diaryl/α,β-unsaturated/α-hetero) is 1. The standard InChI is InChI=1S/C31H26F4N4O3/c1-16-7-19(11-22(8-16)31(33,34)35)14-36-30(42)23-13-20(4-5-24(23)32)29-28(17(2)9-27(41)38-29)26(40)12-18-3-6-25-21(10-18)15-37-39-25/h3-8,10-11,13,15,29H,9,12,14H2,1-2H3,(H,36,42)(H,37,39)(H,38,41). The van der Waals surface area contributed by atoms with Crippen LogP contribution in [0.5, 0.6) is 0 Å². The number of amides is 2. The first-order valence-corrected chi connectivity index (χ1v) is 13.1. The van der Waals surface area contributed by atoms with E-state index in [0.29, 0.717) is 22.3 Å². The second-order valence-electron chi connectivity index (χ2n) is 10.4. The van der Waals surface area contributed by atoms with Crippen molar-refractivity contribution in [2.45, 2.75) is 45.5 Å². The van der Waals surface area contributed by atoms with E-state index < -0.39 is 29.5 Å². The average Bonchev–Trinajstić information content (AvgIpc) is 3.38. The van der Waals surface area contributed by atoms with Crippen molar-refractivity contribution in [3.05, 3.63) is 111 Å². The summed E-state index contributed by atoms with van der Waals surface area (Å²) in [6, 6.07) is 11.6. The van der Waals surface area contributed by atoms with Gasteiger partial charge >= 0.3 is 6.18 Å². The Bertz CT molecular complexity index is 1760. The SMILES string of the molecule is CC1=C(C(=O)Cc2ccc3[nH]ncc3c2)C(c2ccc(F)c(C(=O)NCc3cc(C)cc(C(F)(F)F)c3)c2)NC(=O)C1.